The van der Waals surface area contributed by atoms with Crippen molar-refractivity contribution in [2.24, 2.45) is 0 Å². The van der Waals surface area contributed by atoms with Crippen molar-refractivity contribution in [3.8, 4) is 0 Å². The summed E-state index contributed by atoms with van der Waals surface area (Å²) in [5, 5.41) is 8.19. The lowest BCUT2D eigenvalue weighted by atomic mass is 10.1. The highest BCUT2D eigenvalue weighted by Crippen LogP contribution is 2.26. The van der Waals surface area contributed by atoms with Gasteiger partial charge in [-0.2, -0.15) is 0 Å². The number of rotatable bonds is 3. The molecule has 104 valence electrons. The number of benzene rings is 1. The predicted molar refractivity (Wildman–Crippen MR) is 64.5 cm³/mol. The zero-order valence-corrected chi connectivity index (χ0v) is 11.0. The number of ether oxygens (including phenoxy) is 1. The van der Waals surface area contributed by atoms with Gasteiger partial charge < -0.3 is 9.84 Å². The smallest absolute Gasteiger partial charge is 0.338 e. The van der Waals surface area contributed by atoms with Crippen molar-refractivity contribution < 1.29 is 27.4 Å². The first kappa shape index (κ1) is 14.0. The number of carboxylic acid groups (broad SMARTS) is 1. The minimum absolute atomic E-state index is 0.00242. The van der Waals surface area contributed by atoms with E-state index in [1.807, 2.05) is 0 Å². The number of hydrogen-bond acceptors (Lipinski definition) is 4. The summed E-state index contributed by atoms with van der Waals surface area (Å²) in [5.41, 5.74) is -0.630. The van der Waals surface area contributed by atoms with Crippen molar-refractivity contribution >= 4 is 15.8 Å². The quantitative estimate of drug-likeness (QED) is 0.850. The lowest BCUT2D eigenvalue weighted by Gasteiger charge is -2.12. The molecule has 1 aliphatic heterocycles. The third-order valence-corrected chi connectivity index (χ3v) is 5.26. The summed E-state index contributed by atoms with van der Waals surface area (Å²) in [7, 11) is -3.69. The number of sulfone groups is 1. The Morgan fingerprint density at radius 3 is 2.68 bits per heavy atom. The van der Waals surface area contributed by atoms with Gasteiger partial charge >= 0.3 is 5.97 Å². The first-order valence-electron chi connectivity index (χ1n) is 5.69. The number of carboxylic acids is 1. The van der Waals surface area contributed by atoms with Gasteiger partial charge in [0.2, 0.25) is 0 Å². The van der Waals surface area contributed by atoms with Crippen LogP contribution in [0.1, 0.15) is 22.3 Å². The van der Waals surface area contributed by atoms with Crippen LogP contribution in [0.25, 0.3) is 0 Å². The highest BCUT2D eigenvalue weighted by molar-refractivity contribution is 7.92. The monoisotopic (exact) mass is 288 g/mol. The van der Waals surface area contributed by atoms with Crippen LogP contribution in [0.5, 0.6) is 0 Å². The summed E-state index contributed by atoms with van der Waals surface area (Å²) in [4.78, 5) is 10.7. The van der Waals surface area contributed by atoms with E-state index in [-0.39, 0.29) is 17.1 Å². The van der Waals surface area contributed by atoms with Crippen molar-refractivity contribution in [2.45, 2.75) is 23.5 Å². The second-order valence-electron chi connectivity index (χ2n) is 4.44. The first-order chi connectivity index (χ1) is 8.84. The number of aryl methyl sites for hydroxylation is 1. The van der Waals surface area contributed by atoms with Gasteiger partial charge in [0.1, 0.15) is 5.82 Å². The van der Waals surface area contributed by atoms with Gasteiger partial charge in [-0.15, -0.1) is 0 Å². The molecule has 5 nitrogen and oxygen atoms in total. The molecule has 0 aliphatic carbocycles. The molecule has 7 heteroatoms. The van der Waals surface area contributed by atoms with Crippen LogP contribution in [-0.2, 0) is 14.6 Å². The van der Waals surface area contributed by atoms with Gasteiger partial charge in [-0.3, -0.25) is 0 Å². The van der Waals surface area contributed by atoms with E-state index in [4.69, 9.17) is 9.84 Å². The van der Waals surface area contributed by atoms with E-state index in [2.05, 4.69) is 0 Å². The van der Waals surface area contributed by atoms with Crippen molar-refractivity contribution in [2.75, 3.05) is 13.2 Å². The molecule has 1 heterocycles. The highest BCUT2D eigenvalue weighted by Gasteiger charge is 2.32. The summed E-state index contributed by atoms with van der Waals surface area (Å²) in [6, 6.07) is 2.04. The number of halogens is 1. The van der Waals surface area contributed by atoms with Crippen LogP contribution in [0.2, 0.25) is 0 Å². The van der Waals surface area contributed by atoms with Crippen molar-refractivity contribution in [3.05, 3.63) is 29.1 Å². The molecule has 19 heavy (non-hydrogen) atoms. The van der Waals surface area contributed by atoms with Gasteiger partial charge in [-0.25, -0.2) is 17.6 Å². The van der Waals surface area contributed by atoms with Gasteiger partial charge in [0, 0.05) is 6.61 Å². The Kier molecular flexibility index (Phi) is 3.60. The lowest BCUT2D eigenvalue weighted by Crippen LogP contribution is -2.22. The van der Waals surface area contributed by atoms with Gasteiger partial charge in [0.25, 0.3) is 0 Å². The minimum atomic E-state index is -3.69. The van der Waals surface area contributed by atoms with E-state index in [1.165, 1.54) is 6.92 Å². The zero-order chi connectivity index (χ0) is 14.2. The van der Waals surface area contributed by atoms with Crippen molar-refractivity contribution in [3.63, 3.8) is 0 Å². The number of carbonyl (C=O) groups is 1. The van der Waals surface area contributed by atoms with Gasteiger partial charge in [-0.1, -0.05) is 0 Å². The molecule has 2 rings (SSSR count). The highest BCUT2D eigenvalue weighted by atomic mass is 32.2. The summed E-state index contributed by atoms with van der Waals surface area (Å²) in [5.74, 6) is -2.39. The van der Waals surface area contributed by atoms with Gasteiger partial charge in [0.15, 0.2) is 9.84 Å². The Labute approximate surface area is 109 Å². The maximum Gasteiger partial charge on any atom is 0.338 e. The van der Waals surface area contributed by atoms with Gasteiger partial charge in [0.05, 0.1) is 22.3 Å². The summed E-state index contributed by atoms with van der Waals surface area (Å²) < 4.78 is 43.2. The minimum Gasteiger partial charge on any atom is -0.478 e. The fraction of sp³-hybridized carbons (Fsp3) is 0.417. The molecular weight excluding hydrogens is 275 g/mol. The Bertz CT molecular complexity index is 617. The number of aromatic carboxylic acids is 1. The van der Waals surface area contributed by atoms with Crippen LogP contribution in [-0.4, -0.2) is 38.0 Å². The fourth-order valence-corrected chi connectivity index (χ4v) is 3.70. The molecule has 1 fully saturated rings. The topological polar surface area (TPSA) is 80.7 Å². The Morgan fingerprint density at radius 1 is 1.47 bits per heavy atom. The molecular formula is C12H13FO5S. The predicted octanol–water partition coefficient (Wildman–Crippen LogP) is 1.39. The van der Waals surface area contributed by atoms with Crippen LogP contribution >= 0.6 is 0 Å². The van der Waals surface area contributed by atoms with E-state index in [1.54, 1.807) is 0 Å². The second kappa shape index (κ2) is 4.90. The Morgan fingerprint density at radius 2 is 2.16 bits per heavy atom. The van der Waals surface area contributed by atoms with Crippen molar-refractivity contribution in [1.29, 1.82) is 0 Å². The van der Waals surface area contributed by atoms with Crippen LogP contribution < -0.4 is 0 Å². The summed E-state index contributed by atoms with van der Waals surface area (Å²) in [6.07, 6.45) is 0.362. The first-order valence-corrected chi connectivity index (χ1v) is 7.23. The average molecular weight is 288 g/mol. The third-order valence-electron chi connectivity index (χ3n) is 3.11. The fourth-order valence-electron chi connectivity index (χ4n) is 2.01. The summed E-state index contributed by atoms with van der Waals surface area (Å²) >= 11 is 0. The van der Waals surface area contributed by atoms with E-state index in [0.29, 0.717) is 13.0 Å². The second-order valence-corrected chi connectivity index (χ2v) is 6.67. The molecule has 1 aromatic rings. The van der Waals surface area contributed by atoms with E-state index < -0.39 is 32.4 Å². The maximum absolute atomic E-state index is 13.6. The molecule has 1 aliphatic rings. The van der Waals surface area contributed by atoms with Crippen LogP contribution in [0.4, 0.5) is 4.39 Å². The van der Waals surface area contributed by atoms with Gasteiger partial charge in [-0.05, 0) is 31.0 Å². The third kappa shape index (κ3) is 2.48. The molecule has 0 bridgehead atoms. The Hall–Kier alpha value is -1.47. The average Bonchev–Trinajstić information content (AvgIpc) is 2.86. The maximum atomic E-state index is 13.6. The van der Waals surface area contributed by atoms with E-state index >= 15 is 0 Å². The SMILES string of the molecule is Cc1cc(S(=O)(=O)C2CCOC2)cc(C(=O)O)c1F. The normalized spacial score (nSPS) is 19.6. The molecule has 0 radical (unpaired) electrons. The molecule has 1 unspecified atom stereocenters. The van der Waals surface area contributed by atoms with Crippen LogP contribution in [0.3, 0.4) is 0 Å². The molecule has 0 saturated carbocycles. The molecule has 1 N–H and O–H groups in total. The van der Waals surface area contributed by atoms with Crippen molar-refractivity contribution in [1.82, 2.24) is 0 Å². The van der Waals surface area contributed by atoms with E-state index in [0.717, 1.165) is 12.1 Å². The molecule has 1 atom stereocenters. The molecule has 1 aromatic carbocycles. The van der Waals surface area contributed by atoms with Crippen LogP contribution in [0, 0.1) is 12.7 Å². The largest absolute Gasteiger partial charge is 0.478 e. The van der Waals surface area contributed by atoms with E-state index in [9.17, 15) is 17.6 Å². The zero-order valence-electron chi connectivity index (χ0n) is 10.2. The molecule has 0 aromatic heterocycles. The standard InChI is InChI=1S/C12H13FO5S/c1-7-4-9(5-10(11(7)13)12(14)15)19(16,17)8-2-3-18-6-8/h4-5,8H,2-3,6H2,1H3,(H,14,15). The molecule has 0 spiro atoms. The lowest BCUT2D eigenvalue weighted by molar-refractivity contribution is 0.0691. The molecule has 0 amide bonds. The molecule has 1 saturated heterocycles. The number of hydrogen-bond donors (Lipinski definition) is 1. The van der Waals surface area contributed by atoms with Crippen LogP contribution in [0.15, 0.2) is 17.0 Å². The summed E-state index contributed by atoms with van der Waals surface area (Å²) in [6.45, 7) is 1.78. The Balaban J connectivity index is 2.54.